The number of methoxy groups -OCH3 is 1. The molecule has 2 unspecified atom stereocenters. The van der Waals surface area contributed by atoms with Gasteiger partial charge in [0.1, 0.15) is 35.1 Å². The van der Waals surface area contributed by atoms with Crippen LogP contribution in [0.4, 0.5) is 9.18 Å². The Bertz CT molecular complexity index is 1840. The van der Waals surface area contributed by atoms with Crippen molar-refractivity contribution in [3.05, 3.63) is 42.6 Å². The maximum absolute atomic E-state index is 15.2. The topological polar surface area (TPSA) is 148 Å². The van der Waals surface area contributed by atoms with Crippen LogP contribution in [0.5, 0.6) is 11.6 Å². The number of aromatic nitrogens is 1. The molecule has 2 saturated carbocycles. The molecule has 3 fully saturated rings. The van der Waals surface area contributed by atoms with Crippen molar-refractivity contribution in [1.82, 2.24) is 25.2 Å². The Morgan fingerprint density at radius 3 is 2.52 bits per heavy atom. The highest BCUT2D eigenvalue weighted by Crippen LogP contribution is 2.53. The molecule has 1 saturated heterocycles. The zero-order valence-electron chi connectivity index (χ0n) is 32.3. The molecular formula is C40H54FN5O7S. The molecule has 1 aromatic carbocycles. The minimum atomic E-state index is -1.47. The molecule has 2 aliphatic carbocycles. The van der Waals surface area contributed by atoms with Crippen LogP contribution in [-0.2, 0) is 19.1 Å². The lowest BCUT2D eigenvalue weighted by Crippen LogP contribution is -2.58. The van der Waals surface area contributed by atoms with Crippen LogP contribution < -0.4 is 24.8 Å². The predicted molar refractivity (Wildman–Crippen MR) is 207 cm³/mol. The number of hydrogen-bond acceptors (Lipinski definition) is 8. The highest BCUT2D eigenvalue weighted by Gasteiger charge is 2.62. The second kappa shape index (κ2) is 15.5. The quantitative estimate of drug-likeness (QED) is 0.231. The van der Waals surface area contributed by atoms with Crippen LogP contribution in [0.2, 0.25) is 0 Å². The summed E-state index contributed by atoms with van der Waals surface area (Å²) in [5, 5.41) is 7.59. The van der Waals surface area contributed by atoms with E-state index in [-0.39, 0.29) is 30.7 Å². The van der Waals surface area contributed by atoms with E-state index in [1.54, 1.807) is 46.4 Å². The van der Waals surface area contributed by atoms with E-state index in [1.165, 1.54) is 4.90 Å². The highest BCUT2D eigenvalue weighted by molar-refractivity contribution is 8.15. The third kappa shape index (κ3) is 8.53. The monoisotopic (exact) mass is 767 g/mol. The van der Waals surface area contributed by atoms with E-state index in [1.807, 2.05) is 43.3 Å². The molecule has 3 N–H and O–H groups in total. The number of nitrogens with one attached hydrogen (secondary N) is 3. The second-order valence-electron chi connectivity index (χ2n) is 16.3. The zero-order valence-corrected chi connectivity index (χ0v) is 33.1. The predicted octanol–water partition coefficient (Wildman–Crippen LogP) is 5.95. The first-order valence-electron chi connectivity index (χ1n) is 19.0. The van der Waals surface area contributed by atoms with E-state index in [9.17, 15) is 19.2 Å². The summed E-state index contributed by atoms with van der Waals surface area (Å²) in [7, 11) is 0.455. The molecule has 4 aliphatic rings. The van der Waals surface area contributed by atoms with Gasteiger partial charge in [-0.2, -0.15) is 0 Å². The number of rotatable bonds is 7. The van der Waals surface area contributed by atoms with Crippen molar-refractivity contribution in [2.24, 2.45) is 17.8 Å². The van der Waals surface area contributed by atoms with E-state index in [4.69, 9.17) is 14.2 Å². The summed E-state index contributed by atoms with van der Waals surface area (Å²) in [5.41, 5.74) is -2.10. The molecule has 3 heterocycles. The molecule has 0 radical (unpaired) electrons. The maximum Gasteiger partial charge on any atom is 0.408 e. The molecule has 8 atom stereocenters. The number of alkyl halides is 1. The van der Waals surface area contributed by atoms with Gasteiger partial charge in [-0.05, 0) is 89.5 Å². The van der Waals surface area contributed by atoms with Crippen LogP contribution in [0.1, 0.15) is 86.5 Å². The summed E-state index contributed by atoms with van der Waals surface area (Å²) < 4.78 is 35.7. The summed E-state index contributed by atoms with van der Waals surface area (Å²) >= 11 is 0. The van der Waals surface area contributed by atoms with Crippen molar-refractivity contribution in [3.8, 4) is 11.6 Å². The normalized spacial score (nSPS) is 30.8. The highest BCUT2D eigenvalue weighted by atomic mass is 32.2. The Kier molecular flexibility index (Phi) is 11.3. The van der Waals surface area contributed by atoms with Crippen LogP contribution in [0.25, 0.3) is 10.8 Å². The van der Waals surface area contributed by atoms with Gasteiger partial charge in [0.2, 0.25) is 17.7 Å². The Hall–Kier alpha value is -4.20. The first kappa shape index (κ1) is 39.5. The molecule has 0 spiro atoms. The third-order valence-corrected chi connectivity index (χ3v) is 12.9. The fourth-order valence-corrected chi connectivity index (χ4v) is 9.32. The molecular weight excluding hydrogens is 714 g/mol. The number of nitrogens with zero attached hydrogens (tertiary/aromatic N) is 2. The minimum Gasteiger partial charge on any atom is -0.494 e. The van der Waals surface area contributed by atoms with Gasteiger partial charge in [0.15, 0.2) is 5.00 Å². The first-order chi connectivity index (χ1) is 25.6. The summed E-state index contributed by atoms with van der Waals surface area (Å²) in [4.78, 5) is 62.6. The Morgan fingerprint density at radius 2 is 1.85 bits per heavy atom. The standard InChI is InChI=1S/C40H54FN5O7S/c1-8-54(39(41)17-18-39)45-36(49)40-21-26(40)14-10-9-13-24(2)19-25(3)32(43-37(50)53-38(4,5)6)35(48)46-23-27(20-30(46)33(47)44-40)52-34-29-16-12-11-15-28(29)31(51-7)22-42-34/h8,10-12,14-16,22,24-27,30,32H,9,13,17-21,23H2,1-7H3,(H,43,50)(H,44,47)(H,45,49)/b14-10-/t24?,25-,26-,27-,30+,32+,40-,54?/m1/s1. The molecule has 294 valence electrons. The maximum atomic E-state index is 15.2. The Balaban J connectivity index is 1.35. The van der Waals surface area contributed by atoms with Gasteiger partial charge in [0, 0.05) is 23.1 Å². The first-order valence-corrected chi connectivity index (χ1v) is 20.3. The molecule has 2 aliphatic heterocycles. The summed E-state index contributed by atoms with van der Waals surface area (Å²) in [5.74, 6) is -0.936. The van der Waals surface area contributed by atoms with E-state index >= 15 is 4.39 Å². The van der Waals surface area contributed by atoms with E-state index in [0.717, 1.165) is 18.2 Å². The van der Waals surface area contributed by atoms with Crippen molar-refractivity contribution in [2.75, 3.05) is 13.7 Å². The molecule has 1 aromatic heterocycles. The average molecular weight is 768 g/mol. The summed E-state index contributed by atoms with van der Waals surface area (Å²) in [6.45, 7) is 11.0. The fraction of sp³-hybridized carbons (Fsp3) is 0.600. The van der Waals surface area contributed by atoms with Gasteiger partial charge in [-0.1, -0.05) is 54.9 Å². The van der Waals surface area contributed by atoms with Gasteiger partial charge in [0.25, 0.3) is 5.91 Å². The molecule has 2 aromatic rings. The van der Waals surface area contributed by atoms with E-state index in [0.29, 0.717) is 42.7 Å². The number of carbonyl (C=O) groups excluding carboxylic acids is 4. The van der Waals surface area contributed by atoms with Crippen LogP contribution in [0.15, 0.2) is 42.6 Å². The van der Waals surface area contributed by atoms with Crippen LogP contribution in [-0.4, -0.2) is 87.0 Å². The number of hydrogen-bond donors (Lipinski definition) is 3. The minimum absolute atomic E-state index is 0.0227. The summed E-state index contributed by atoms with van der Waals surface area (Å²) in [6.07, 6.45) is 7.56. The smallest absolute Gasteiger partial charge is 0.408 e. The van der Waals surface area contributed by atoms with Gasteiger partial charge in [-0.15, -0.1) is 0 Å². The van der Waals surface area contributed by atoms with Gasteiger partial charge >= 0.3 is 6.09 Å². The molecule has 14 heteroatoms. The number of fused-ring (bicyclic) bond motifs is 3. The molecule has 6 rings (SSSR count). The number of allylic oxidation sites excluding steroid dienone is 1. The van der Waals surface area contributed by atoms with Gasteiger partial charge in [0.05, 0.1) is 19.9 Å². The zero-order chi connectivity index (χ0) is 39.0. The van der Waals surface area contributed by atoms with Crippen molar-refractivity contribution >= 4 is 50.6 Å². The second-order valence-corrected chi connectivity index (χ2v) is 18.3. The number of halogens is 1. The van der Waals surface area contributed by atoms with Crippen molar-refractivity contribution in [2.45, 2.75) is 121 Å². The molecule has 0 bridgehead atoms. The largest absolute Gasteiger partial charge is 0.494 e. The number of ether oxygens (including phenoxy) is 3. The Morgan fingerprint density at radius 1 is 1.13 bits per heavy atom. The van der Waals surface area contributed by atoms with Gasteiger partial charge in [-0.25, -0.2) is 14.2 Å². The van der Waals surface area contributed by atoms with E-state index in [2.05, 4.69) is 27.3 Å². The number of amides is 4. The van der Waals surface area contributed by atoms with E-state index < -0.39 is 68.8 Å². The Labute approximate surface area is 319 Å². The van der Waals surface area contributed by atoms with Crippen LogP contribution in [0, 0.1) is 17.8 Å². The fourth-order valence-electron chi connectivity index (χ4n) is 7.68. The lowest BCUT2D eigenvalue weighted by Gasteiger charge is -2.33. The van der Waals surface area contributed by atoms with Crippen molar-refractivity contribution < 1.29 is 37.8 Å². The molecule has 12 nitrogen and oxygen atoms in total. The number of benzene rings is 1. The van der Waals surface area contributed by atoms with Crippen LogP contribution >= 0.6 is 10.7 Å². The number of alkyl carbamates (subject to hydrolysis) is 1. The lowest BCUT2D eigenvalue weighted by atomic mass is 9.88. The number of pyridine rings is 1. The average Bonchev–Trinajstić information content (AvgIpc) is 3.99. The SMILES string of the molecule is C/C=S(/NC(=O)[C@@]12C[C@H]1/C=C\CCC(C)C[C@@H](C)[C@H](NC(=O)OC(C)(C)C)C(=O)N1C[C@H](Oc3ncc(OC)c4ccccc34)C[C@H]1C(=O)N2)C1(F)CC1. The molecule has 54 heavy (non-hydrogen) atoms. The van der Waals surface area contributed by atoms with Gasteiger partial charge < -0.3 is 34.5 Å². The van der Waals surface area contributed by atoms with Crippen molar-refractivity contribution in [3.63, 3.8) is 0 Å². The number of carbonyl (C=O) groups is 4. The van der Waals surface area contributed by atoms with Crippen molar-refractivity contribution in [1.29, 1.82) is 0 Å². The third-order valence-electron chi connectivity index (χ3n) is 10.8. The summed E-state index contributed by atoms with van der Waals surface area (Å²) in [6, 6.07) is 5.45. The molecule has 4 amide bonds. The van der Waals surface area contributed by atoms with Crippen LogP contribution in [0.3, 0.4) is 0 Å². The lowest BCUT2D eigenvalue weighted by molar-refractivity contribution is -0.142. The van der Waals surface area contributed by atoms with Gasteiger partial charge in [-0.3, -0.25) is 14.4 Å².